The minimum Gasteiger partial charge on any atom is -0.495 e. The van der Waals surface area contributed by atoms with Crippen molar-refractivity contribution in [2.24, 2.45) is 0 Å². The highest BCUT2D eigenvalue weighted by atomic mass is 35.5. The van der Waals surface area contributed by atoms with Gasteiger partial charge in [-0.1, -0.05) is 17.7 Å². The summed E-state index contributed by atoms with van der Waals surface area (Å²) in [5.41, 5.74) is 1.48. The Bertz CT molecular complexity index is 958. The first kappa shape index (κ1) is 21.2. The fourth-order valence-corrected chi connectivity index (χ4v) is 3.99. The molecule has 27 heavy (non-hydrogen) atoms. The zero-order valence-corrected chi connectivity index (χ0v) is 17.5. The Morgan fingerprint density at radius 3 is 2.44 bits per heavy atom. The molecule has 2 aromatic rings. The van der Waals surface area contributed by atoms with Gasteiger partial charge in [-0.3, -0.25) is 4.79 Å². The van der Waals surface area contributed by atoms with Crippen molar-refractivity contribution >= 4 is 33.2 Å². The molecule has 2 rings (SSSR count). The second kappa shape index (κ2) is 8.29. The molecule has 2 aromatic carbocycles. The van der Waals surface area contributed by atoms with Crippen LogP contribution in [0.2, 0.25) is 5.02 Å². The third-order valence-corrected chi connectivity index (χ3v) is 6.55. The summed E-state index contributed by atoms with van der Waals surface area (Å²) < 4.78 is 31.9. The molecule has 0 aliphatic heterocycles. The summed E-state index contributed by atoms with van der Waals surface area (Å²) >= 11 is 6.15. The van der Waals surface area contributed by atoms with E-state index >= 15 is 0 Å². The molecule has 0 saturated heterocycles. The first-order valence-electron chi connectivity index (χ1n) is 8.31. The summed E-state index contributed by atoms with van der Waals surface area (Å²) in [6.45, 7) is 5.42. The van der Waals surface area contributed by atoms with Crippen LogP contribution in [0.15, 0.2) is 41.3 Å². The van der Waals surface area contributed by atoms with Crippen LogP contribution in [-0.4, -0.2) is 38.8 Å². The van der Waals surface area contributed by atoms with Crippen LogP contribution < -0.4 is 10.1 Å². The zero-order chi connectivity index (χ0) is 20.4. The van der Waals surface area contributed by atoms with E-state index in [4.69, 9.17) is 16.3 Å². The number of halogens is 1. The predicted octanol–water partition coefficient (Wildman–Crippen LogP) is 3.94. The summed E-state index contributed by atoms with van der Waals surface area (Å²) in [4.78, 5) is 12.7. The van der Waals surface area contributed by atoms with E-state index in [2.05, 4.69) is 5.32 Å². The Morgan fingerprint density at radius 1 is 1.19 bits per heavy atom. The zero-order valence-electron chi connectivity index (χ0n) is 15.9. The highest BCUT2D eigenvalue weighted by Gasteiger charge is 2.25. The van der Waals surface area contributed by atoms with Crippen molar-refractivity contribution < 1.29 is 17.9 Å². The topological polar surface area (TPSA) is 75.7 Å². The number of hydrogen-bond donors (Lipinski definition) is 1. The molecule has 8 heteroatoms. The van der Waals surface area contributed by atoms with Crippen LogP contribution in [0, 0.1) is 6.92 Å². The number of carbonyl (C=O) groups is 1. The standard InChI is InChI=1S/C19H23ClN2O4S/c1-12(2)22(4)27(24,25)14-7-8-16(20)15(11-14)19(23)21-17-10-13(3)6-9-18(17)26-5/h6-12H,1-5H3,(H,21,23). The molecule has 6 nitrogen and oxygen atoms in total. The van der Waals surface area contributed by atoms with Crippen molar-refractivity contribution in [2.75, 3.05) is 19.5 Å². The molecule has 0 aliphatic rings. The molecular formula is C19H23ClN2O4S. The van der Waals surface area contributed by atoms with Crippen LogP contribution in [-0.2, 0) is 10.0 Å². The molecule has 0 aliphatic carbocycles. The van der Waals surface area contributed by atoms with Gasteiger partial charge >= 0.3 is 0 Å². The van der Waals surface area contributed by atoms with Gasteiger partial charge in [0.1, 0.15) is 5.75 Å². The van der Waals surface area contributed by atoms with Gasteiger partial charge in [-0.2, -0.15) is 4.31 Å². The second-order valence-corrected chi connectivity index (χ2v) is 8.82. The smallest absolute Gasteiger partial charge is 0.257 e. The van der Waals surface area contributed by atoms with E-state index in [0.29, 0.717) is 11.4 Å². The summed E-state index contributed by atoms with van der Waals surface area (Å²) in [7, 11) is -0.739. The van der Waals surface area contributed by atoms with Gasteiger partial charge < -0.3 is 10.1 Å². The van der Waals surface area contributed by atoms with E-state index in [1.165, 1.54) is 36.7 Å². The number of benzene rings is 2. The molecule has 0 aromatic heterocycles. The Labute approximate surface area is 165 Å². The molecule has 146 valence electrons. The number of nitrogens with one attached hydrogen (secondary N) is 1. The van der Waals surface area contributed by atoms with Gasteiger partial charge in [0, 0.05) is 13.1 Å². The van der Waals surface area contributed by atoms with Gasteiger partial charge in [-0.05, 0) is 56.7 Å². The third kappa shape index (κ3) is 4.61. The average Bonchev–Trinajstić information content (AvgIpc) is 2.61. The fraction of sp³-hybridized carbons (Fsp3) is 0.316. The quantitative estimate of drug-likeness (QED) is 0.782. The maximum atomic E-state index is 12.7. The maximum absolute atomic E-state index is 12.7. The Balaban J connectivity index is 2.42. The van der Waals surface area contributed by atoms with E-state index in [1.54, 1.807) is 26.0 Å². The fourth-order valence-electron chi connectivity index (χ4n) is 2.39. The average molecular weight is 411 g/mol. The molecular weight excluding hydrogens is 388 g/mol. The summed E-state index contributed by atoms with van der Waals surface area (Å²) in [5, 5.41) is 2.89. The number of amides is 1. The molecule has 0 bridgehead atoms. The van der Waals surface area contributed by atoms with Gasteiger partial charge in [-0.25, -0.2) is 8.42 Å². The van der Waals surface area contributed by atoms with Gasteiger partial charge in [0.2, 0.25) is 10.0 Å². The van der Waals surface area contributed by atoms with E-state index in [0.717, 1.165) is 5.56 Å². The molecule has 0 heterocycles. The molecule has 0 atom stereocenters. The minimum absolute atomic E-state index is 0.00413. The van der Waals surface area contributed by atoms with Crippen molar-refractivity contribution in [3.05, 3.63) is 52.5 Å². The summed E-state index contributed by atoms with van der Waals surface area (Å²) in [6, 6.07) is 9.22. The predicted molar refractivity (Wildman–Crippen MR) is 107 cm³/mol. The SMILES string of the molecule is COc1ccc(C)cc1NC(=O)c1cc(S(=O)(=O)N(C)C(C)C)ccc1Cl. The largest absolute Gasteiger partial charge is 0.495 e. The van der Waals surface area contributed by atoms with Crippen molar-refractivity contribution in [3.63, 3.8) is 0 Å². The lowest BCUT2D eigenvalue weighted by molar-refractivity contribution is 0.102. The van der Waals surface area contributed by atoms with Crippen LogP contribution in [0.4, 0.5) is 5.69 Å². The molecule has 0 radical (unpaired) electrons. The number of hydrogen-bond acceptors (Lipinski definition) is 4. The minimum atomic E-state index is -3.73. The molecule has 0 spiro atoms. The van der Waals surface area contributed by atoms with Gasteiger partial charge in [-0.15, -0.1) is 0 Å². The lowest BCUT2D eigenvalue weighted by Crippen LogP contribution is -2.33. The highest BCUT2D eigenvalue weighted by Crippen LogP contribution is 2.28. The molecule has 0 saturated carbocycles. The molecule has 0 unspecified atom stereocenters. The number of carbonyl (C=O) groups excluding carboxylic acids is 1. The molecule has 1 N–H and O–H groups in total. The number of nitrogens with zero attached hydrogens (tertiary/aromatic N) is 1. The first-order valence-corrected chi connectivity index (χ1v) is 10.1. The van der Waals surface area contributed by atoms with Crippen LogP contribution in [0.5, 0.6) is 5.75 Å². The van der Waals surface area contributed by atoms with E-state index < -0.39 is 15.9 Å². The number of anilines is 1. The molecule has 1 amide bonds. The Kier molecular flexibility index (Phi) is 6.51. The normalized spacial score (nSPS) is 11.7. The summed E-state index contributed by atoms with van der Waals surface area (Å²) in [5.74, 6) is -0.0264. The van der Waals surface area contributed by atoms with Crippen LogP contribution in [0.3, 0.4) is 0 Å². The monoisotopic (exact) mass is 410 g/mol. The lowest BCUT2D eigenvalue weighted by Gasteiger charge is -2.21. The number of aryl methyl sites for hydroxylation is 1. The number of ether oxygens (including phenoxy) is 1. The van der Waals surface area contributed by atoms with Gasteiger partial charge in [0.15, 0.2) is 0 Å². The third-order valence-electron chi connectivity index (χ3n) is 4.19. The summed E-state index contributed by atoms with van der Waals surface area (Å²) in [6.07, 6.45) is 0. The van der Waals surface area contributed by atoms with Crippen LogP contribution >= 0.6 is 11.6 Å². The van der Waals surface area contributed by atoms with Crippen molar-refractivity contribution in [2.45, 2.75) is 31.7 Å². The highest BCUT2D eigenvalue weighted by molar-refractivity contribution is 7.89. The lowest BCUT2D eigenvalue weighted by atomic mass is 10.1. The van der Waals surface area contributed by atoms with E-state index in [9.17, 15) is 13.2 Å². The Hall–Kier alpha value is -2.09. The van der Waals surface area contributed by atoms with Crippen molar-refractivity contribution in [1.82, 2.24) is 4.31 Å². The number of methoxy groups -OCH3 is 1. The van der Waals surface area contributed by atoms with Crippen LogP contribution in [0.1, 0.15) is 29.8 Å². The molecule has 0 fully saturated rings. The van der Waals surface area contributed by atoms with Crippen LogP contribution in [0.25, 0.3) is 0 Å². The second-order valence-electron chi connectivity index (χ2n) is 6.41. The maximum Gasteiger partial charge on any atom is 0.257 e. The van der Waals surface area contributed by atoms with Gasteiger partial charge in [0.05, 0.1) is 28.3 Å². The van der Waals surface area contributed by atoms with Gasteiger partial charge in [0.25, 0.3) is 5.91 Å². The first-order chi connectivity index (χ1) is 12.6. The van der Waals surface area contributed by atoms with E-state index in [1.807, 2.05) is 13.0 Å². The number of sulfonamides is 1. The Morgan fingerprint density at radius 2 is 1.85 bits per heavy atom. The number of rotatable bonds is 6. The van der Waals surface area contributed by atoms with Crippen molar-refractivity contribution in [3.8, 4) is 5.75 Å². The van der Waals surface area contributed by atoms with E-state index in [-0.39, 0.29) is 21.5 Å². The van der Waals surface area contributed by atoms with Crippen molar-refractivity contribution in [1.29, 1.82) is 0 Å².